The number of pyridine rings is 1. The number of aromatic nitrogens is 1. The standard InChI is InChI=1S/C17H13NOS/c19-17(11-6-7-11)16-9-8-15(20-16)13-3-1-5-14-12(13)4-2-10-18-14/h1-5,8-11H,6-7H2. The maximum Gasteiger partial charge on any atom is 0.175 e. The van der Waals surface area contributed by atoms with Gasteiger partial charge in [-0.1, -0.05) is 18.2 Å². The summed E-state index contributed by atoms with van der Waals surface area (Å²) < 4.78 is 0. The highest BCUT2D eigenvalue weighted by Crippen LogP contribution is 2.38. The molecule has 0 saturated heterocycles. The van der Waals surface area contributed by atoms with Crippen LogP contribution < -0.4 is 0 Å². The van der Waals surface area contributed by atoms with Crippen molar-refractivity contribution in [2.24, 2.45) is 5.92 Å². The van der Waals surface area contributed by atoms with Gasteiger partial charge in [-0.3, -0.25) is 9.78 Å². The fourth-order valence-corrected chi connectivity index (χ4v) is 3.54. The van der Waals surface area contributed by atoms with E-state index in [4.69, 9.17) is 0 Å². The Labute approximate surface area is 121 Å². The number of ketones is 1. The molecule has 0 radical (unpaired) electrons. The summed E-state index contributed by atoms with van der Waals surface area (Å²) in [4.78, 5) is 18.5. The number of rotatable bonds is 3. The van der Waals surface area contributed by atoms with Gasteiger partial charge in [-0.15, -0.1) is 11.3 Å². The summed E-state index contributed by atoms with van der Waals surface area (Å²) in [6.45, 7) is 0. The van der Waals surface area contributed by atoms with Gasteiger partial charge in [0, 0.05) is 27.9 Å². The summed E-state index contributed by atoms with van der Waals surface area (Å²) in [5.41, 5.74) is 2.16. The Bertz CT molecular complexity index is 796. The molecule has 98 valence electrons. The summed E-state index contributed by atoms with van der Waals surface area (Å²) >= 11 is 1.60. The first kappa shape index (κ1) is 11.8. The third kappa shape index (κ3) is 1.95. The van der Waals surface area contributed by atoms with Crippen LogP contribution >= 0.6 is 11.3 Å². The minimum absolute atomic E-state index is 0.288. The Balaban J connectivity index is 1.81. The molecule has 1 aliphatic carbocycles. The summed E-state index contributed by atoms with van der Waals surface area (Å²) in [6, 6.07) is 14.2. The van der Waals surface area contributed by atoms with Crippen LogP contribution in [0.2, 0.25) is 0 Å². The SMILES string of the molecule is O=C(c1ccc(-c2cccc3ncccc23)s1)C1CC1. The van der Waals surface area contributed by atoms with Crippen molar-refractivity contribution in [3.8, 4) is 10.4 Å². The second-order valence-electron chi connectivity index (χ2n) is 5.18. The molecule has 0 N–H and O–H groups in total. The van der Waals surface area contributed by atoms with Gasteiger partial charge >= 0.3 is 0 Å². The number of nitrogens with zero attached hydrogens (tertiary/aromatic N) is 1. The minimum atomic E-state index is 0.288. The normalized spacial score (nSPS) is 14.6. The fourth-order valence-electron chi connectivity index (χ4n) is 2.48. The van der Waals surface area contributed by atoms with Gasteiger partial charge < -0.3 is 0 Å². The lowest BCUT2D eigenvalue weighted by Gasteiger charge is -2.03. The molecular formula is C17H13NOS. The highest BCUT2D eigenvalue weighted by atomic mass is 32.1. The monoisotopic (exact) mass is 279 g/mol. The Morgan fingerprint density at radius 1 is 1.10 bits per heavy atom. The fraction of sp³-hybridized carbons (Fsp3) is 0.176. The van der Waals surface area contributed by atoms with Crippen LogP contribution in [-0.4, -0.2) is 10.8 Å². The Morgan fingerprint density at radius 2 is 2.00 bits per heavy atom. The second kappa shape index (κ2) is 4.53. The number of hydrogen-bond donors (Lipinski definition) is 0. The first-order chi connectivity index (χ1) is 9.83. The van der Waals surface area contributed by atoms with Crippen molar-refractivity contribution in [3.63, 3.8) is 0 Å². The Morgan fingerprint density at radius 3 is 2.85 bits per heavy atom. The zero-order valence-corrected chi connectivity index (χ0v) is 11.7. The van der Waals surface area contributed by atoms with Crippen LogP contribution in [0.5, 0.6) is 0 Å². The maximum atomic E-state index is 12.1. The van der Waals surface area contributed by atoms with E-state index in [0.717, 1.165) is 39.1 Å². The van der Waals surface area contributed by atoms with Gasteiger partial charge in [0.2, 0.25) is 0 Å². The van der Waals surface area contributed by atoms with E-state index in [2.05, 4.69) is 23.2 Å². The average Bonchev–Trinajstić information content (AvgIpc) is 3.23. The molecule has 0 unspecified atom stereocenters. The molecule has 20 heavy (non-hydrogen) atoms. The number of carbonyl (C=O) groups excluding carboxylic acids is 1. The molecule has 1 aromatic carbocycles. The highest BCUT2D eigenvalue weighted by molar-refractivity contribution is 7.17. The van der Waals surface area contributed by atoms with Gasteiger partial charge in [-0.05, 0) is 37.1 Å². The summed E-state index contributed by atoms with van der Waals surface area (Å²) in [5.74, 6) is 0.607. The van der Waals surface area contributed by atoms with Crippen LogP contribution in [0.3, 0.4) is 0 Å². The van der Waals surface area contributed by atoms with Crippen LogP contribution in [0, 0.1) is 5.92 Å². The van der Waals surface area contributed by atoms with Gasteiger partial charge in [-0.25, -0.2) is 0 Å². The average molecular weight is 279 g/mol. The van der Waals surface area contributed by atoms with Gasteiger partial charge in [0.1, 0.15) is 0 Å². The predicted octanol–water partition coefficient (Wildman–Crippen LogP) is 4.56. The minimum Gasteiger partial charge on any atom is -0.293 e. The van der Waals surface area contributed by atoms with E-state index >= 15 is 0 Å². The van der Waals surface area contributed by atoms with E-state index in [1.807, 2.05) is 30.5 Å². The summed E-state index contributed by atoms with van der Waals surface area (Å²) in [7, 11) is 0. The smallest absolute Gasteiger partial charge is 0.175 e. The summed E-state index contributed by atoms with van der Waals surface area (Å²) in [6.07, 6.45) is 3.93. The number of Topliss-reactive ketones (excluding diaryl/α,β-unsaturated/α-hetero) is 1. The van der Waals surface area contributed by atoms with Crippen molar-refractivity contribution >= 4 is 28.0 Å². The zero-order chi connectivity index (χ0) is 13.5. The van der Waals surface area contributed by atoms with E-state index in [1.165, 1.54) is 0 Å². The lowest BCUT2D eigenvalue weighted by molar-refractivity contribution is 0.0971. The second-order valence-corrected chi connectivity index (χ2v) is 6.26. The Hall–Kier alpha value is -2.00. The molecule has 1 saturated carbocycles. The summed E-state index contributed by atoms with van der Waals surface area (Å²) in [5, 5.41) is 1.14. The van der Waals surface area contributed by atoms with E-state index in [1.54, 1.807) is 11.3 Å². The van der Waals surface area contributed by atoms with E-state index in [0.29, 0.717) is 5.78 Å². The number of hydrogen-bond acceptors (Lipinski definition) is 3. The molecule has 0 atom stereocenters. The quantitative estimate of drug-likeness (QED) is 0.658. The van der Waals surface area contributed by atoms with Gasteiger partial charge in [-0.2, -0.15) is 0 Å². The molecular weight excluding hydrogens is 266 g/mol. The maximum absolute atomic E-state index is 12.1. The molecule has 2 aromatic heterocycles. The number of benzene rings is 1. The third-order valence-electron chi connectivity index (χ3n) is 3.71. The molecule has 3 aromatic rings. The number of carbonyl (C=O) groups is 1. The highest BCUT2D eigenvalue weighted by Gasteiger charge is 2.31. The van der Waals surface area contributed by atoms with Gasteiger partial charge in [0.25, 0.3) is 0 Å². The first-order valence-electron chi connectivity index (χ1n) is 6.81. The van der Waals surface area contributed by atoms with Crippen molar-refractivity contribution in [2.45, 2.75) is 12.8 Å². The number of thiophene rings is 1. The molecule has 0 amide bonds. The molecule has 1 aliphatic rings. The molecule has 2 heterocycles. The van der Waals surface area contributed by atoms with E-state index < -0.39 is 0 Å². The first-order valence-corrected chi connectivity index (χ1v) is 7.63. The zero-order valence-electron chi connectivity index (χ0n) is 10.9. The lowest BCUT2D eigenvalue weighted by atomic mass is 10.1. The van der Waals surface area contributed by atoms with Crippen LogP contribution in [0.1, 0.15) is 22.5 Å². The van der Waals surface area contributed by atoms with Crippen molar-refractivity contribution < 1.29 is 4.79 Å². The van der Waals surface area contributed by atoms with Crippen molar-refractivity contribution in [2.75, 3.05) is 0 Å². The van der Waals surface area contributed by atoms with E-state index in [-0.39, 0.29) is 5.92 Å². The molecule has 2 nitrogen and oxygen atoms in total. The topological polar surface area (TPSA) is 30.0 Å². The molecule has 0 bridgehead atoms. The third-order valence-corrected chi connectivity index (χ3v) is 4.84. The van der Waals surface area contributed by atoms with Crippen LogP contribution in [0.4, 0.5) is 0 Å². The Kier molecular flexibility index (Phi) is 2.67. The van der Waals surface area contributed by atoms with Crippen LogP contribution in [0.15, 0.2) is 48.7 Å². The lowest BCUT2D eigenvalue weighted by Crippen LogP contribution is -1.96. The largest absolute Gasteiger partial charge is 0.293 e. The molecule has 0 spiro atoms. The number of fused-ring (bicyclic) bond motifs is 1. The molecule has 0 aliphatic heterocycles. The van der Waals surface area contributed by atoms with Gasteiger partial charge in [0.05, 0.1) is 10.4 Å². The molecule has 1 fully saturated rings. The molecule has 3 heteroatoms. The van der Waals surface area contributed by atoms with Crippen LogP contribution in [-0.2, 0) is 0 Å². The van der Waals surface area contributed by atoms with Crippen molar-refractivity contribution in [1.29, 1.82) is 0 Å². The van der Waals surface area contributed by atoms with Gasteiger partial charge in [0.15, 0.2) is 5.78 Å². The predicted molar refractivity (Wildman–Crippen MR) is 82.1 cm³/mol. The van der Waals surface area contributed by atoms with E-state index in [9.17, 15) is 4.79 Å². The van der Waals surface area contributed by atoms with Crippen molar-refractivity contribution in [1.82, 2.24) is 4.98 Å². The van der Waals surface area contributed by atoms with Crippen LogP contribution in [0.25, 0.3) is 21.3 Å². The molecule has 4 rings (SSSR count). The van der Waals surface area contributed by atoms with Crippen molar-refractivity contribution in [3.05, 3.63) is 53.5 Å².